The molecule has 3 heteroatoms. The van der Waals surface area contributed by atoms with E-state index in [0.29, 0.717) is 10.0 Å². The van der Waals surface area contributed by atoms with Crippen molar-refractivity contribution in [3.63, 3.8) is 0 Å². The first-order chi connectivity index (χ1) is 9.63. The second-order valence-electron chi connectivity index (χ2n) is 4.88. The summed E-state index contributed by atoms with van der Waals surface area (Å²) in [6.45, 7) is 5.17. The summed E-state index contributed by atoms with van der Waals surface area (Å²) >= 11 is 12.4. The number of rotatable bonds is 5. The van der Waals surface area contributed by atoms with E-state index in [4.69, 9.17) is 23.2 Å². The van der Waals surface area contributed by atoms with Crippen LogP contribution in [0, 0.1) is 6.92 Å². The van der Waals surface area contributed by atoms with Gasteiger partial charge in [-0.3, -0.25) is 0 Å². The van der Waals surface area contributed by atoms with Crippen LogP contribution in [-0.2, 0) is 6.42 Å². The van der Waals surface area contributed by atoms with Crippen molar-refractivity contribution in [1.29, 1.82) is 0 Å². The molecule has 0 aromatic heterocycles. The molecule has 1 unspecified atom stereocenters. The molecule has 1 N–H and O–H groups in total. The Labute approximate surface area is 130 Å². The molecule has 0 aliphatic carbocycles. The lowest BCUT2D eigenvalue weighted by atomic mass is 9.95. The van der Waals surface area contributed by atoms with Crippen LogP contribution >= 0.6 is 23.2 Å². The van der Waals surface area contributed by atoms with Crippen LogP contribution in [0.4, 0.5) is 0 Å². The third-order valence-corrected chi connectivity index (χ3v) is 4.33. The van der Waals surface area contributed by atoms with Crippen LogP contribution < -0.4 is 5.32 Å². The number of benzene rings is 2. The highest BCUT2D eigenvalue weighted by Crippen LogP contribution is 2.30. The van der Waals surface area contributed by atoms with E-state index in [1.54, 1.807) is 0 Å². The molecule has 0 amide bonds. The lowest BCUT2D eigenvalue weighted by Crippen LogP contribution is -2.23. The Morgan fingerprint density at radius 3 is 2.50 bits per heavy atom. The molecule has 0 fully saturated rings. The van der Waals surface area contributed by atoms with Gasteiger partial charge in [0.2, 0.25) is 0 Å². The Hall–Kier alpha value is -1.02. The minimum atomic E-state index is 0.247. The zero-order valence-corrected chi connectivity index (χ0v) is 13.3. The predicted octanol–water partition coefficient (Wildman–Crippen LogP) is 5.20. The van der Waals surface area contributed by atoms with Crippen molar-refractivity contribution in [2.45, 2.75) is 26.3 Å². The molecule has 106 valence electrons. The van der Waals surface area contributed by atoms with Gasteiger partial charge in [-0.15, -0.1) is 0 Å². The highest BCUT2D eigenvalue weighted by Gasteiger charge is 2.15. The first-order valence-corrected chi connectivity index (χ1v) is 7.61. The van der Waals surface area contributed by atoms with Gasteiger partial charge in [0.05, 0.1) is 10.0 Å². The quantitative estimate of drug-likeness (QED) is 0.801. The van der Waals surface area contributed by atoms with Crippen LogP contribution in [0.3, 0.4) is 0 Å². The summed E-state index contributed by atoms with van der Waals surface area (Å²) < 4.78 is 0. The Kier molecular flexibility index (Phi) is 5.47. The monoisotopic (exact) mass is 307 g/mol. The standard InChI is InChI=1S/C17H19Cl2N/c1-3-20-16(14-9-5-4-7-12(14)2)11-13-8-6-10-15(18)17(13)19/h4-10,16,20H,3,11H2,1-2H3. The fourth-order valence-electron chi connectivity index (χ4n) is 2.44. The summed E-state index contributed by atoms with van der Waals surface area (Å²) in [5, 5.41) is 4.81. The second kappa shape index (κ2) is 7.12. The topological polar surface area (TPSA) is 12.0 Å². The summed E-state index contributed by atoms with van der Waals surface area (Å²) in [5.74, 6) is 0. The SMILES string of the molecule is CCNC(Cc1cccc(Cl)c1Cl)c1ccccc1C. The average Bonchev–Trinajstić information content (AvgIpc) is 2.44. The van der Waals surface area contributed by atoms with Gasteiger partial charge in [0.15, 0.2) is 0 Å². The van der Waals surface area contributed by atoms with Crippen LogP contribution in [0.2, 0.25) is 10.0 Å². The van der Waals surface area contributed by atoms with Gasteiger partial charge in [0, 0.05) is 6.04 Å². The molecule has 0 radical (unpaired) electrons. The number of hydrogen-bond donors (Lipinski definition) is 1. The lowest BCUT2D eigenvalue weighted by molar-refractivity contribution is 0.547. The Balaban J connectivity index is 2.31. The van der Waals surface area contributed by atoms with Gasteiger partial charge in [-0.1, -0.05) is 66.5 Å². The van der Waals surface area contributed by atoms with Gasteiger partial charge in [-0.05, 0) is 42.6 Å². The zero-order valence-electron chi connectivity index (χ0n) is 11.8. The molecule has 0 aliphatic rings. The molecule has 20 heavy (non-hydrogen) atoms. The van der Waals surface area contributed by atoms with E-state index in [1.807, 2.05) is 18.2 Å². The third kappa shape index (κ3) is 3.54. The molecule has 0 heterocycles. The number of halogens is 2. The molecule has 1 atom stereocenters. The largest absolute Gasteiger partial charge is 0.310 e. The molecule has 0 saturated heterocycles. The molecule has 0 saturated carbocycles. The van der Waals surface area contributed by atoms with Gasteiger partial charge >= 0.3 is 0 Å². The van der Waals surface area contributed by atoms with Gasteiger partial charge in [0.25, 0.3) is 0 Å². The maximum absolute atomic E-state index is 6.30. The Bertz CT molecular complexity index is 581. The highest BCUT2D eigenvalue weighted by molar-refractivity contribution is 6.42. The maximum atomic E-state index is 6.30. The molecular formula is C17H19Cl2N. The average molecular weight is 308 g/mol. The molecule has 2 aromatic carbocycles. The van der Waals surface area contributed by atoms with E-state index in [2.05, 4.69) is 43.4 Å². The molecule has 2 aromatic rings. The lowest BCUT2D eigenvalue weighted by Gasteiger charge is -2.21. The van der Waals surface area contributed by atoms with Gasteiger partial charge < -0.3 is 5.32 Å². The first-order valence-electron chi connectivity index (χ1n) is 6.85. The van der Waals surface area contributed by atoms with Crippen LogP contribution in [-0.4, -0.2) is 6.54 Å². The number of nitrogens with one attached hydrogen (secondary N) is 1. The van der Waals surface area contributed by atoms with E-state index >= 15 is 0 Å². The van der Waals surface area contributed by atoms with E-state index < -0.39 is 0 Å². The number of likely N-dealkylation sites (N-methyl/N-ethyl adjacent to an activating group) is 1. The van der Waals surface area contributed by atoms with Crippen molar-refractivity contribution in [1.82, 2.24) is 5.32 Å². The van der Waals surface area contributed by atoms with Crippen molar-refractivity contribution < 1.29 is 0 Å². The van der Waals surface area contributed by atoms with Crippen molar-refractivity contribution in [3.8, 4) is 0 Å². The maximum Gasteiger partial charge on any atom is 0.0624 e. The molecule has 2 rings (SSSR count). The van der Waals surface area contributed by atoms with Gasteiger partial charge in [0.1, 0.15) is 0 Å². The van der Waals surface area contributed by atoms with Crippen molar-refractivity contribution in [2.75, 3.05) is 6.54 Å². The third-order valence-electron chi connectivity index (χ3n) is 3.47. The van der Waals surface area contributed by atoms with Gasteiger partial charge in [-0.25, -0.2) is 0 Å². The van der Waals surface area contributed by atoms with Crippen LogP contribution in [0.15, 0.2) is 42.5 Å². The van der Waals surface area contributed by atoms with E-state index in [9.17, 15) is 0 Å². The van der Waals surface area contributed by atoms with Crippen LogP contribution in [0.1, 0.15) is 29.7 Å². The molecular weight excluding hydrogens is 289 g/mol. The zero-order chi connectivity index (χ0) is 14.5. The second-order valence-corrected chi connectivity index (χ2v) is 5.67. The van der Waals surface area contributed by atoms with Crippen molar-refractivity contribution in [3.05, 3.63) is 69.2 Å². The number of aryl methyl sites for hydroxylation is 1. The molecule has 0 bridgehead atoms. The summed E-state index contributed by atoms with van der Waals surface area (Å²) in [5.41, 5.74) is 3.68. The molecule has 0 spiro atoms. The Morgan fingerprint density at radius 1 is 1.05 bits per heavy atom. The fraction of sp³-hybridized carbons (Fsp3) is 0.294. The molecule has 0 aliphatic heterocycles. The van der Waals surface area contributed by atoms with E-state index in [1.165, 1.54) is 11.1 Å². The first kappa shape index (κ1) is 15.4. The van der Waals surface area contributed by atoms with Crippen molar-refractivity contribution >= 4 is 23.2 Å². The molecule has 1 nitrogen and oxygen atoms in total. The van der Waals surface area contributed by atoms with E-state index in [0.717, 1.165) is 18.5 Å². The minimum absolute atomic E-state index is 0.247. The van der Waals surface area contributed by atoms with Crippen LogP contribution in [0.25, 0.3) is 0 Å². The fourth-order valence-corrected chi connectivity index (χ4v) is 2.84. The predicted molar refractivity (Wildman–Crippen MR) is 87.8 cm³/mol. The smallest absolute Gasteiger partial charge is 0.0624 e. The minimum Gasteiger partial charge on any atom is -0.310 e. The summed E-state index contributed by atoms with van der Waals surface area (Å²) in [4.78, 5) is 0. The van der Waals surface area contributed by atoms with Crippen LogP contribution in [0.5, 0.6) is 0 Å². The van der Waals surface area contributed by atoms with E-state index in [-0.39, 0.29) is 6.04 Å². The normalized spacial score (nSPS) is 12.4. The number of hydrogen-bond acceptors (Lipinski definition) is 1. The summed E-state index contributed by atoms with van der Waals surface area (Å²) in [6.07, 6.45) is 0.831. The highest BCUT2D eigenvalue weighted by atomic mass is 35.5. The summed E-state index contributed by atoms with van der Waals surface area (Å²) in [6, 6.07) is 14.5. The van der Waals surface area contributed by atoms with Crippen molar-refractivity contribution in [2.24, 2.45) is 0 Å². The summed E-state index contributed by atoms with van der Waals surface area (Å²) in [7, 11) is 0. The van der Waals surface area contributed by atoms with Gasteiger partial charge in [-0.2, -0.15) is 0 Å². The Morgan fingerprint density at radius 2 is 1.80 bits per heavy atom.